The van der Waals surface area contributed by atoms with Crippen molar-refractivity contribution in [3.63, 3.8) is 0 Å². The van der Waals surface area contributed by atoms with E-state index in [0.29, 0.717) is 12.8 Å². The highest BCUT2D eigenvalue weighted by atomic mass is 35.5. The summed E-state index contributed by atoms with van der Waals surface area (Å²) >= 11 is 17.5. The highest BCUT2D eigenvalue weighted by Crippen LogP contribution is 2.32. The van der Waals surface area contributed by atoms with Crippen molar-refractivity contribution in [1.82, 2.24) is 4.72 Å². The number of hydrogen-bond donors (Lipinski definition) is 2. The molecule has 0 aromatic heterocycles. The van der Waals surface area contributed by atoms with Gasteiger partial charge in [-0.3, -0.25) is 0 Å². The molecule has 1 aromatic carbocycles. The van der Waals surface area contributed by atoms with E-state index in [1.165, 1.54) is 12.1 Å². The Morgan fingerprint density at radius 2 is 1.60 bits per heavy atom. The molecule has 20 heavy (non-hydrogen) atoms. The molecule has 0 heterocycles. The SMILES string of the molecule is CCC(O)(CC)CNS(=O)(=O)c1c(Cl)cc(Cl)cc1Cl. The molecule has 1 rings (SSSR count). The van der Waals surface area contributed by atoms with E-state index in [4.69, 9.17) is 34.8 Å². The summed E-state index contributed by atoms with van der Waals surface area (Å²) in [4.78, 5) is -0.236. The van der Waals surface area contributed by atoms with Crippen LogP contribution in [0.2, 0.25) is 15.1 Å². The first kappa shape index (κ1) is 18.0. The summed E-state index contributed by atoms with van der Waals surface area (Å²) < 4.78 is 26.8. The summed E-state index contributed by atoms with van der Waals surface area (Å²) in [5.74, 6) is 0. The van der Waals surface area contributed by atoms with Crippen LogP contribution in [0.5, 0.6) is 0 Å². The molecule has 1 aromatic rings. The first-order chi connectivity index (χ1) is 9.15. The molecular weight excluding hydrogens is 345 g/mol. The quantitative estimate of drug-likeness (QED) is 0.816. The van der Waals surface area contributed by atoms with Gasteiger partial charge in [-0.25, -0.2) is 13.1 Å². The van der Waals surface area contributed by atoms with Gasteiger partial charge in [0.25, 0.3) is 0 Å². The minimum absolute atomic E-state index is 0.0634. The van der Waals surface area contributed by atoms with Crippen molar-refractivity contribution in [2.45, 2.75) is 37.2 Å². The second-order valence-corrected chi connectivity index (χ2v) is 7.41. The van der Waals surface area contributed by atoms with E-state index in [2.05, 4.69) is 4.72 Å². The molecular formula is C12H16Cl3NO3S. The van der Waals surface area contributed by atoms with Crippen LogP contribution in [0.1, 0.15) is 26.7 Å². The second kappa shape index (κ2) is 6.81. The maximum Gasteiger partial charge on any atom is 0.243 e. The van der Waals surface area contributed by atoms with Crippen molar-refractivity contribution < 1.29 is 13.5 Å². The minimum atomic E-state index is -3.92. The van der Waals surface area contributed by atoms with Crippen LogP contribution >= 0.6 is 34.8 Å². The van der Waals surface area contributed by atoms with Gasteiger partial charge in [-0.15, -0.1) is 0 Å². The van der Waals surface area contributed by atoms with Gasteiger partial charge in [0.15, 0.2) is 0 Å². The zero-order valence-corrected chi connectivity index (χ0v) is 14.2. The fraction of sp³-hybridized carbons (Fsp3) is 0.500. The topological polar surface area (TPSA) is 66.4 Å². The third kappa shape index (κ3) is 4.23. The lowest BCUT2D eigenvalue weighted by Crippen LogP contribution is -2.42. The Hall–Kier alpha value is -0.0400. The maximum atomic E-state index is 12.2. The Balaban J connectivity index is 3.07. The average Bonchev–Trinajstić information content (AvgIpc) is 2.34. The third-order valence-electron chi connectivity index (χ3n) is 3.14. The lowest BCUT2D eigenvalue weighted by atomic mass is 9.98. The molecule has 0 spiro atoms. The van der Waals surface area contributed by atoms with Gasteiger partial charge < -0.3 is 5.11 Å². The molecule has 0 saturated heterocycles. The van der Waals surface area contributed by atoms with Crippen LogP contribution in [0.4, 0.5) is 0 Å². The Bertz CT molecular complexity index is 563. The maximum absolute atomic E-state index is 12.2. The zero-order valence-electron chi connectivity index (χ0n) is 11.1. The Morgan fingerprint density at radius 1 is 1.15 bits per heavy atom. The van der Waals surface area contributed by atoms with Gasteiger partial charge in [0.05, 0.1) is 15.6 Å². The van der Waals surface area contributed by atoms with Crippen LogP contribution in [0, 0.1) is 0 Å². The van der Waals surface area contributed by atoms with Crippen LogP contribution in [-0.4, -0.2) is 25.7 Å². The van der Waals surface area contributed by atoms with Gasteiger partial charge in [-0.05, 0) is 25.0 Å². The Kier molecular flexibility index (Phi) is 6.14. The van der Waals surface area contributed by atoms with E-state index < -0.39 is 15.6 Å². The zero-order chi connectivity index (χ0) is 15.6. The number of sulfonamides is 1. The fourth-order valence-corrected chi connectivity index (χ4v) is 4.25. The molecule has 0 aliphatic rings. The molecule has 0 bridgehead atoms. The number of aliphatic hydroxyl groups is 1. The number of halogens is 3. The molecule has 114 valence electrons. The molecule has 4 nitrogen and oxygen atoms in total. The van der Waals surface area contributed by atoms with Crippen LogP contribution in [-0.2, 0) is 10.0 Å². The summed E-state index contributed by atoms with van der Waals surface area (Å²) in [6.45, 7) is 3.44. The number of benzene rings is 1. The highest BCUT2D eigenvalue weighted by molar-refractivity contribution is 7.89. The van der Waals surface area contributed by atoms with Gasteiger partial charge in [-0.2, -0.15) is 0 Å². The molecule has 0 atom stereocenters. The molecule has 0 aliphatic carbocycles. The van der Waals surface area contributed by atoms with Gasteiger partial charge in [0, 0.05) is 11.6 Å². The fourth-order valence-electron chi connectivity index (χ4n) is 1.59. The van der Waals surface area contributed by atoms with Crippen LogP contribution in [0.3, 0.4) is 0 Å². The van der Waals surface area contributed by atoms with E-state index in [1.807, 2.05) is 0 Å². The van der Waals surface area contributed by atoms with E-state index in [-0.39, 0.29) is 26.5 Å². The molecule has 0 aliphatic heterocycles. The normalized spacial score (nSPS) is 12.7. The highest BCUT2D eigenvalue weighted by Gasteiger charge is 2.28. The standard InChI is InChI=1S/C12H16Cl3NO3S/c1-3-12(17,4-2)7-16-20(18,19)11-9(14)5-8(13)6-10(11)15/h5-6,16-17H,3-4,7H2,1-2H3. The van der Waals surface area contributed by atoms with Gasteiger partial charge >= 0.3 is 0 Å². The second-order valence-electron chi connectivity index (χ2n) is 4.45. The van der Waals surface area contributed by atoms with Crippen LogP contribution in [0.25, 0.3) is 0 Å². The lowest BCUT2D eigenvalue weighted by molar-refractivity contribution is 0.0377. The van der Waals surface area contributed by atoms with Crippen molar-refractivity contribution in [2.24, 2.45) is 0 Å². The first-order valence-corrected chi connectivity index (χ1v) is 8.63. The van der Waals surface area contributed by atoms with E-state index >= 15 is 0 Å². The van der Waals surface area contributed by atoms with Gasteiger partial charge in [-0.1, -0.05) is 48.7 Å². The van der Waals surface area contributed by atoms with Crippen molar-refractivity contribution in [3.8, 4) is 0 Å². The summed E-state index contributed by atoms with van der Waals surface area (Å²) in [5, 5.41) is 10.2. The average molecular weight is 361 g/mol. The minimum Gasteiger partial charge on any atom is -0.389 e. The van der Waals surface area contributed by atoms with Crippen molar-refractivity contribution in [2.75, 3.05) is 6.54 Å². The third-order valence-corrected chi connectivity index (χ3v) is 5.68. The van der Waals surface area contributed by atoms with Crippen molar-refractivity contribution >= 4 is 44.8 Å². The number of nitrogens with one attached hydrogen (secondary N) is 1. The predicted molar refractivity (Wildman–Crippen MR) is 82.2 cm³/mol. The van der Waals surface area contributed by atoms with Gasteiger partial charge in [0.1, 0.15) is 4.90 Å². The smallest absolute Gasteiger partial charge is 0.243 e. The summed E-state index contributed by atoms with van der Waals surface area (Å²) in [7, 11) is -3.92. The van der Waals surface area contributed by atoms with Crippen LogP contribution in [0.15, 0.2) is 17.0 Å². The molecule has 0 fully saturated rings. The van der Waals surface area contributed by atoms with Gasteiger partial charge in [0.2, 0.25) is 10.0 Å². The largest absolute Gasteiger partial charge is 0.389 e. The molecule has 2 N–H and O–H groups in total. The molecule has 0 unspecified atom stereocenters. The monoisotopic (exact) mass is 359 g/mol. The predicted octanol–water partition coefficient (Wildman–Crippen LogP) is 3.48. The molecule has 0 radical (unpaired) electrons. The van der Waals surface area contributed by atoms with E-state index in [9.17, 15) is 13.5 Å². The molecule has 0 amide bonds. The summed E-state index contributed by atoms with van der Waals surface area (Å²) in [6, 6.07) is 2.60. The number of hydrogen-bond acceptors (Lipinski definition) is 3. The van der Waals surface area contributed by atoms with E-state index in [1.54, 1.807) is 13.8 Å². The van der Waals surface area contributed by atoms with Crippen LogP contribution < -0.4 is 4.72 Å². The molecule has 8 heteroatoms. The lowest BCUT2D eigenvalue weighted by Gasteiger charge is -2.25. The van der Waals surface area contributed by atoms with Crippen molar-refractivity contribution in [1.29, 1.82) is 0 Å². The van der Waals surface area contributed by atoms with Crippen molar-refractivity contribution in [3.05, 3.63) is 27.2 Å². The Morgan fingerprint density at radius 3 is 2.00 bits per heavy atom. The Labute approximate surface area is 134 Å². The summed E-state index contributed by atoms with van der Waals surface area (Å²) in [6.07, 6.45) is 0.849. The molecule has 0 saturated carbocycles. The number of rotatable bonds is 6. The summed E-state index contributed by atoms with van der Waals surface area (Å²) in [5.41, 5.74) is -1.10. The first-order valence-electron chi connectivity index (χ1n) is 6.02. The van der Waals surface area contributed by atoms with E-state index in [0.717, 1.165) is 0 Å².